The van der Waals surface area contributed by atoms with E-state index in [1.54, 1.807) is 42.5 Å². The number of rotatable bonds is 5. The predicted octanol–water partition coefficient (Wildman–Crippen LogP) is 13.1. The second-order valence-corrected chi connectivity index (χ2v) is 10.4. The normalized spacial score (nSPS) is 18.0. The van der Waals surface area contributed by atoms with E-state index in [1.165, 1.54) is 6.07 Å². The molecule has 0 N–H and O–H groups in total. The summed E-state index contributed by atoms with van der Waals surface area (Å²) in [5.41, 5.74) is -2.62. The van der Waals surface area contributed by atoms with Gasteiger partial charge in [-0.1, -0.05) is 169 Å². The van der Waals surface area contributed by atoms with Crippen LogP contribution < -0.4 is 0 Å². The molecule has 0 bridgehead atoms. The van der Waals surface area contributed by atoms with E-state index < -0.39 is 194 Å². The molecular weight excluding hydrogens is 569 g/mol. The maximum atomic E-state index is 9.55. The largest absolute Gasteiger partial charge is 0.455 e. The highest BCUT2D eigenvalue weighted by Crippen LogP contribution is 2.50. The van der Waals surface area contributed by atoms with Crippen molar-refractivity contribution in [2.24, 2.45) is 0 Å². The summed E-state index contributed by atoms with van der Waals surface area (Å²) in [4.78, 5) is 0. The van der Waals surface area contributed by atoms with Crippen LogP contribution in [0.25, 0.3) is 88.3 Å². The van der Waals surface area contributed by atoms with E-state index >= 15 is 0 Å². The average Bonchev–Trinajstić information content (AvgIpc) is 3.71. The molecule has 8 aromatic carbocycles. The molecule has 0 fully saturated rings. The SMILES string of the molecule is [2H]c1c([2H])c([2H])c(-c2c([2H])c([2H])c(-c3oc4ccc(-c5ccccc5)cc4c3-c3c4c([2H])c([2H])c([2H])c([2H])c4c(-c4c([2H])c([2H])c([2H])c([2H])c4[2H])c4c([2H])c([2H])c([2H])c([2H])c34)c([2H])c2[2H])c([2H])c1[2H]. The lowest BCUT2D eigenvalue weighted by Gasteiger charge is -2.18. The molecule has 1 heteroatoms. The molecule has 0 radical (unpaired) electrons. The Hall–Kier alpha value is -6.18. The lowest BCUT2D eigenvalue weighted by molar-refractivity contribution is 0.632. The molecular formula is C46H30O. The molecule has 0 unspecified atom stereocenters. The molecule has 220 valence electrons. The van der Waals surface area contributed by atoms with Crippen molar-refractivity contribution in [1.29, 1.82) is 0 Å². The van der Waals surface area contributed by atoms with Crippen LogP contribution in [0.1, 0.15) is 30.2 Å². The fourth-order valence-electron chi connectivity index (χ4n) is 5.76. The zero-order valence-electron chi connectivity index (χ0n) is 46.0. The highest BCUT2D eigenvalue weighted by molar-refractivity contribution is 6.25. The summed E-state index contributed by atoms with van der Waals surface area (Å²) in [6.45, 7) is 0. The standard InChI is InChI=1S/C46H30O/c1-4-14-31(15-5-1)33-24-26-35(27-25-33)46-45(41-30-36(28-29-42(41)47-46)32-16-6-2-7-17-32)44-39-22-12-10-20-37(39)43(34-18-8-3-9-19-34)38-21-11-13-23-40(38)44/h1-30H/i1D,3D,4D,5D,8D,9D,10D,11D,12D,13D,14D,15D,18D,19D,20D,21D,22D,23D,24D,25D,26D,27D. The van der Waals surface area contributed by atoms with Gasteiger partial charge in [0.25, 0.3) is 0 Å². The van der Waals surface area contributed by atoms with E-state index in [9.17, 15) is 11.0 Å². The van der Waals surface area contributed by atoms with Crippen LogP contribution in [0.15, 0.2) is 186 Å². The Kier molecular flexibility index (Phi) is 3.11. The minimum absolute atomic E-state index is 0.0242. The zero-order chi connectivity index (χ0) is 50.3. The van der Waals surface area contributed by atoms with Gasteiger partial charge in [0.2, 0.25) is 0 Å². The van der Waals surface area contributed by atoms with Crippen molar-refractivity contribution in [3.63, 3.8) is 0 Å². The van der Waals surface area contributed by atoms with E-state index in [-0.39, 0.29) is 16.5 Å². The number of fused-ring (bicyclic) bond motifs is 3. The first-order valence-electron chi connectivity index (χ1n) is 25.3. The molecule has 0 aliphatic carbocycles. The summed E-state index contributed by atoms with van der Waals surface area (Å²) in [5.74, 6) is -0.516. The van der Waals surface area contributed by atoms with Crippen LogP contribution in [0.5, 0.6) is 0 Å². The van der Waals surface area contributed by atoms with Crippen LogP contribution in [-0.2, 0) is 0 Å². The first-order chi connectivity index (χ1) is 32.5. The molecule has 1 aromatic heterocycles. The van der Waals surface area contributed by atoms with Gasteiger partial charge >= 0.3 is 0 Å². The van der Waals surface area contributed by atoms with Crippen molar-refractivity contribution in [1.82, 2.24) is 0 Å². The highest BCUT2D eigenvalue weighted by Gasteiger charge is 2.24. The topological polar surface area (TPSA) is 13.1 Å². The summed E-state index contributed by atoms with van der Waals surface area (Å²) in [6.07, 6.45) is 0. The molecule has 0 atom stereocenters. The minimum Gasteiger partial charge on any atom is -0.455 e. The van der Waals surface area contributed by atoms with Gasteiger partial charge in [-0.2, -0.15) is 0 Å². The molecule has 0 amide bonds. The number of furan rings is 1. The lowest BCUT2D eigenvalue weighted by Crippen LogP contribution is -1.91. The number of benzene rings is 8. The van der Waals surface area contributed by atoms with Gasteiger partial charge in [-0.05, 0) is 67.1 Å². The van der Waals surface area contributed by atoms with Gasteiger partial charge in [-0.25, -0.2) is 0 Å². The van der Waals surface area contributed by atoms with Crippen molar-refractivity contribution in [3.05, 3.63) is 181 Å². The number of hydrogen-bond acceptors (Lipinski definition) is 1. The van der Waals surface area contributed by atoms with Gasteiger partial charge < -0.3 is 4.42 Å². The zero-order valence-corrected chi connectivity index (χ0v) is 24.0. The van der Waals surface area contributed by atoms with Crippen LogP contribution >= 0.6 is 0 Å². The minimum atomic E-state index is -0.879. The quantitative estimate of drug-likeness (QED) is 0.174. The second kappa shape index (κ2) is 11.3. The molecule has 0 spiro atoms. The van der Waals surface area contributed by atoms with Crippen molar-refractivity contribution < 1.29 is 34.6 Å². The lowest BCUT2D eigenvalue weighted by atomic mass is 9.84. The summed E-state index contributed by atoms with van der Waals surface area (Å²) in [7, 11) is 0. The fraction of sp³-hybridized carbons (Fsp3) is 0. The number of hydrogen-bond donors (Lipinski definition) is 0. The van der Waals surface area contributed by atoms with Crippen molar-refractivity contribution >= 4 is 32.5 Å². The van der Waals surface area contributed by atoms with Gasteiger partial charge in [0.1, 0.15) is 11.3 Å². The molecule has 0 saturated heterocycles. The van der Waals surface area contributed by atoms with E-state index in [1.807, 2.05) is 0 Å². The van der Waals surface area contributed by atoms with Crippen LogP contribution in [0.2, 0.25) is 0 Å². The van der Waals surface area contributed by atoms with Crippen molar-refractivity contribution in [2.45, 2.75) is 0 Å². The molecule has 9 aromatic rings. The fourth-order valence-corrected chi connectivity index (χ4v) is 5.76. The first-order valence-corrected chi connectivity index (χ1v) is 14.3. The van der Waals surface area contributed by atoms with E-state index in [4.69, 9.17) is 23.6 Å². The highest BCUT2D eigenvalue weighted by atomic mass is 16.3. The molecule has 1 nitrogen and oxygen atoms in total. The molecule has 1 heterocycles. The van der Waals surface area contributed by atoms with Gasteiger partial charge in [0.15, 0.2) is 0 Å². The molecule has 0 saturated carbocycles. The molecule has 0 aliphatic heterocycles. The van der Waals surface area contributed by atoms with Crippen LogP contribution in [-0.4, -0.2) is 0 Å². The molecule has 0 aliphatic rings. The second-order valence-electron chi connectivity index (χ2n) is 10.4. The van der Waals surface area contributed by atoms with Gasteiger partial charge in [-0.3, -0.25) is 0 Å². The Balaban J connectivity index is 1.59. The molecule has 47 heavy (non-hydrogen) atoms. The van der Waals surface area contributed by atoms with Crippen LogP contribution in [0, 0.1) is 0 Å². The molecule has 9 rings (SSSR count). The van der Waals surface area contributed by atoms with Crippen LogP contribution in [0.4, 0.5) is 0 Å². The Morgan fingerprint density at radius 2 is 0.851 bits per heavy atom. The Morgan fingerprint density at radius 1 is 0.340 bits per heavy atom. The predicted molar refractivity (Wildman–Crippen MR) is 198 cm³/mol. The monoisotopic (exact) mass is 620 g/mol. The van der Waals surface area contributed by atoms with Crippen molar-refractivity contribution in [3.8, 4) is 55.8 Å². The van der Waals surface area contributed by atoms with Crippen molar-refractivity contribution in [2.75, 3.05) is 0 Å². The summed E-state index contributed by atoms with van der Waals surface area (Å²) in [5, 5.41) is -2.01. The summed E-state index contributed by atoms with van der Waals surface area (Å²) >= 11 is 0. The third kappa shape index (κ3) is 4.64. The third-order valence-electron chi connectivity index (χ3n) is 7.77. The third-order valence-corrected chi connectivity index (χ3v) is 7.77. The Bertz CT molecular complexity index is 3640. The van der Waals surface area contributed by atoms with E-state index in [0.717, 1.165) is 0 Å². The summed E-state index contributed by atoms with van der Waals surface area (Å²) < 4.78 is 203. The Morgan fingerprint density at radius 3 is 1.47 bits per heavy atom. The van der Waals surface area contributed by atoms with E-state index in [2.05, 4.69) is 0 Å². The van der Waals surface area contributed by atoms with Gasteiger partial charge in [0, 0.05) is 22.1 Å². The Labute approximate surface area is 304 Å². The van der Waals surface area contributed by atoms with Crippen LogP contribution in [0.3, 0.4) is 0 Å². The van der Waals surface area contributed by atoms with Gasteiger partial charge in [0.05, 0.1) is 30.2 Å². The first kappa shape index (κ1) is 12.9. The van der Waals surface area contributed by atoms with E-state index in [0.29, 0.717) is 11.1 Å². The maximum Gasteiger partial charge on any atom is 0.143 e. The summed E-state index contributed by atoms with van der Waals surface area (Å²) in [6, 6.07) is -4.92. The smallest absolute Gasteiger partial charge is 0.143 e. The van der Waals surface area contributed by atoms with Gasteiger partial charge in [-0.15, -0.1) is 0 Å². The average molecular weight is 621 g/mol. The maximum absolute atomic E-state index is 9.55.